The summed E-state index contributed by atoms with van der Waals surface area (Å²) in [6.45, 7) is 2.68. The van der Waals surface area contributed by atoms with E-state index in [1.54, 1.807) is 17.0 Å². The second-order valence-corrected chi connectivity index (χ2v) is 4.73. The topological polar surface area (TPSA) is 64.2 Å². The zero-order valence-corrected chi connectivity index (χ0v) is 10.5. The molecule has 0 saturated heterocycles. The Bertz CT molecular complexity index is 438. The van der Waals surface area contributed by atoms with Gasteiger partial charge in [0.15, 0.2) is 5.82 Å². The van der Waals surface area contributed by atoms with Crippen molar-refractivity contribution in [2.75, 3.05) is 18.5 Å². The molecule has 5 nitrogen and oxygen atoms in total. The predicted octanol–water partition coefficient (Wildman–Crippen LogP) is 0.752. The van der Waals surface area contributed by atoms with Gasteiger partial charge >= 0.3 is 0 Å². The van der Waals surface area contributed by atoms with E-state index in [2.05, 4.69) is 11.9 Å². The number of rotatable bonds is 5. The highest BCUT2D eigenvalue weighted by Gasteiger charge is 2.26. The van der Waals surface area contributed by atoms with E-state index < -0.39 is 0 Å². The molecule has 5 heteroatoms. The third-order valence-corrected chi connectivity index (χ3v) is 3.37. The van der Waals surface area contributed by atoms with Gasteiger partial charge in [-0.1, -0.05) is 0 Å². The minimum atomic E-state index is 0.0152. The number of aromatic nitrogens is 2. The third-order valence-electron chi connectivity index (χ3n) is 3.37. The molecule has 0 amide bonds. The fourth-order valence-electron chi connectivity index (χ4n) is 1.94. The number of nitrogens with two attached hydrogens (primary N) is 1. The molecule has 1 aliphatic carbocycles. The summed E-state index contributed by atoms with van der Waals surface area (Å²) in [6, 6.07) is 0.623. The van der Waals surface area contributed by atoms with Crippen LogP contribution in [0.1, 0.15) is 32.2 Å². The van der Waals surface area contributed by atoms with E-state index >= 15 is 0 Å². The third kappa shape index (κ3) is 2.49. The maximum absolute atomic E-state index is 12.2. The second-order valence-electron chi connectivity index (χ2n) is 4.73. The van der Waals surface area contributed by atoms with E-state index in [1.807, 2.05) is 11.9 Å². The summed E-state index contributed by atoms with van der Waals surface area (Å²) in [7, 11) is 1.90. The van der Waals surface area contributed by atoms with Crippen LogP contribution in [0.2, 0.25) is 0 Å². The molecule has 0 aliphatic heterocycles. The minimum Gasteiger partial charge on any atom is -0.352 e. The Hall–Kier alpha value is -1.36. The standard InChI is InChI=1S/C12H20N4O/c1-9(5-6-13)15(2)11-12(17)16(8-7-14-11)10-3-4-10/h7-10H,3-6,13H2,1-2H3. The normalized spacial score (nSPS) is 16.9. The summed E-state index contributed by atoms with van der Waals surface area (Å²) >= 11 is 0. The monoisotopic (exact) mass is 236 g/mol. The van der Waals surface area contributed by atoms with Crippen LogP contribution in [-0.4, -0.2) is 29.2 Å². The number of nitrogens with zero attached hydrogens (tertiary/aromatic N) is 3. The van der Waals surface area contributed by atoms with Gasteiger partial charge in [-0.2, -0.15) is 0 Å². The Morgan fingerprint density at radius 1 is 1.65 bits per heavy atom. The first-order valence-electron chi connectivity index (χ1n) is 6.15. The van der Waals surface area contributed by atoms with Crippen LogP contribution >= 0.6 is 0 Å². The van der Waals surface area contributed by atoms with E-state index in [1.165, 1.54) is 0 Å². The molecular formula is C12H20N4O. The molecule has 1 aliphatic rings. The molecule has 1 saturated carbocycles. The van der Waals surface area contributed by atoms with Crippen molar-refractivity contribution in [3.05, 3.63) is 22.7 Å². The SMILES string of the molecule is CC(CCN)N(C)c1nccn(C2CC2)c1=O. The van der Waals surface area contributed by atoms with Crippen molar-refractivity contribution in [1.82, 2.24) is 9.55 Å². The van der Waals surface area contributed by atoms with Crippen LogP contribution in [0.3, 0.4) is 0 Å². The summed E-state index contributed by atoms with van der Waals surface area (Å²) in [5.41, 5.74) is 5.56. The molecule has 1 atom stereocenters. The van der Waals surface area contributed by atoms with Gasteiger partial charge in [-0.05, 0) is 32.7 Å². The van der Waals surface area contributed by atoms with Gasteiger partial charge in [0.25, 0.3) is 5.56 Å². The van der Waals surface area contributed by atoms with Gasteiger partial charge in [-0.3, -0.25) is 4.79 Å². The second kappa shape index (κ2) is 4.87. The van der Waals surface area contributed by atoms with Gasteiger partial charge in [-0.25, -0.2) is 4.98 Å². The van der Waals surface area contributed by atoms with Crippen molar-refractivity contribution in [3.63, 3.8) is 0 Å². The Labute approximate surface area is 101 Å². The van der Waals surface area contributed by atoms with Crippen LogP contribution in [0, 0.1) is 0 Å². The van der Waals surface area contributed by atoms with Crippen molar-refractivity contribution in [3.8, 4) is 0 Å². The Balaban J connectivity index is 2.25. The summed E-state index contributed by atoms with van der Waals surface area (Å²) in [5.74, 6) is 0.528. The van der Waals surface area contributed by atoms with E-state index in [0.29, 0.717) is 18.4 Å². The van der Waals surface area contributed by atoms with Crippen molar-refractivity contribution in [2.45, 2.75) is 38.3 Å². The van der Waals surface area contributed by atoms with Gasteiger partial charge in [0, 0.05) is 31.5 Å². The molecular weight excluding hydrogens is 216 g/mol. The van der Waals surface area contributed by atoms with Gasteiger partial charge in [-0.15, -0.1) is 0 Å². The Morgan fingerprint density at radius 3 is 2.94 bits per heavy atom. The maximum atomic E-state index is 12.2. The zero-order valence-electron chi connectivity index (χ0n) is 10.5. The van der Waals surface area contributed by atoms with Gasteiger partial charge < -0.3 is 15.2 Å². The van der Waals surface area contributed by atoms with Gasteiger partial charge in [0.1, 0.15) is 0 Å². The van der Waals surface area contributed by atoms with E-state index in [4.69, 9.17) is 5.73 Å². The lowest BCUT2D eigenvalue weighted by Gasteiger charge is -2.25. The molecule has 0 bridgehead atoms. The van der Waals surface area contributed by atoms with Crippen molar-refractivity contribution in [1.29, 1.82) is 0 Å². The van der Waals surface area contributed by atoms with Crippen molar-refractivity contribution < 1.29 is 0 Å². The molecule has 1 heterocycles. The van der Waals surface area contributed by atoms with Crippen LogP contribution in [0.4, 0.5) is 5.82 Å². The van der Waals surface area contributed by atoms with Crippen molar-refractivity contribution in [2.24, 2.45) is 5.73 Å². The molecule has 1 aromatic heterocycles. The fourth-order valence-corrected chi connectivity index (χ4v) is 1.94. The highest BCUT2D eigenvalue weighted by molar-refractivity contribution is 5.36. The first-order chi connectivity index (χ1) is 8.15. The largest absolute Gasteiger partial charge is 0.352 e. The predicted molar refractivity (Wildman–Crippen MR) is 68.3 cm³/mol. The fraction of sp³-hybridized carbons (Fsp3) is 0.667. The van der Waals surface area contributed by atoms with Crippen LogP contribution in [0.15, 0.2) is 17.2 Å². The average Bonchev–Trinajstić information content (AvgIpc) is 3.13. The van der Waals surface area contributed by atoms with E-state index in [0.717, 1.165) is 19.3 Å². The Morgan fingerprint density at radius 2 is 2.35 bits per heavy atom. The van der Waals surface area contributed by atoms with Crippen LogP contribution in [0.5, 0.6) is 0 Å². The summed E-state index contributed by atoms with van der Waals surface area (Å²) in [5, 5.41) is 0. The van der Waals surface area contributed by atoms with Gasteiger partial charge in [0.2, 0.25) is 0 Å². The molecule has 0 radical (unpaired) electrons. The maximum Gasteiger partial charge on any atom is 0.293 e. The number of hydrogen-bond donors (Lipinski definition) is 1. The first-order valence-corrected chi connectivity index (χ1v) is 6.15. The molecule has 17 heavy (non-hydrogen) atoms. The molecule has 1 fully saturated rings. The molecule has 0 aromatic carbocycles. The zero-order chi connectivity index (χ0) is 12.4. The quantitative estimate of drug-likeness (QED) is 0.819. The minimum absolute atomic E-state index is 0.0152. The summed E-state index contributed by atoms with van der Waals surface area (Å²) < 4.78 is 1.80. The van der Waals surface area contributed by atoms with Crippen molar-refractivity contribution >= 4 is 5.82 Å². The summed E-state index contributed by atoms with van der Waals surface area (Å²) in [4.78, 5) is 18.4. The lowest BCUT2D eigenvalue weighted by molar-refractivity contribution is 0.615. The molecule has 1 unspecified atom stereocenters. The summed E-state index contributed by atoms with van der Waals surface area (Å²) in [6.07, 6.45) is 6.55. The lowest BCUT2D eigenvalue weighted by atomic mass is 10.2. The molecule has 1 aromatic rings. The lowest BCUT2D eigenvalue weighted by Crippen LogP contribution is -2.37. The van der Waals surface area contributed by atoms with Crippen LogP contribution in [0.25, 0.3) is 0 Å². The molecule has 94 valence electrons. The van der Waals surface area contributed by atoms with E-state index in [9.17, 15) is 4.79 Å². The molecule has 2 N–H and O–H groups in total. The molecule has 0 spiro atoms. The Kier molecular flexibility index (Phi) is 3.47. The number of hydrogen-bond acceptors (Lipinski definition) is 4. The van der Waals surface area contributed by atoms with Crippen LogP contribution < -0.4 is 16.2 Å². The first kappa shape index (κ1) is 12.1. The highest BCUT2D eigenvalue weighted by atomic mass is 16.1. The smallest absolute Gasteiger partial charge is 0.293 e. The highest BCUT2D eigenvalue weighted by Crippen LogP contribution is 2.33. The molecule has 2 rings (SSSR count). The van der Waals surface area contributed by atoms with Gasteiger partial charge in [0.05, 0.1) is 0 Å². The van der Waals surface area contributed by atoms with E-state index in [-0.39, 0.29) is 11.6 Å². The number of anilines is 1. The van der Waals surface area contributed by atoms with Crippen LogP contribution in [-0.2, 0) is 0 Å². The average molecular weight is 236 g/mol.